The molecule has 1 aromatic rings. The number of aliphatic carboxylic acids is 1. The zero-order chi connectivity index (χ0) is 13.7. The van der Waals surface area contributed by atoms with Gasteiger partial charge in [-0.25, -0.2) is 0 Å². The highest BCUT2D eigenvalue weighted by molar-refractivity contribution is 7.10. The second-order valence-corrected chi connectivity index (χ2v) is 5.84. The molecule has 0 bridgehead atoms. The summed E-state index contributed by atoms with van der Waals surface area (Å²) in [7, 11) is 0. The third-order valence-electron chi connectivity index (χ3n) is 3.09. The van der Waals surface area contributed by atoms with Crippen LogP contribution < -0.4 is 0 Å². The first-order chi connectivity index (χ1) is 9.15. The lowest BCUT2D eigenvalue weighted by Crippen LogP contribution is -2.37. The van der Waals surface area contributed by atoms with Gasteiger partial charge >= 0.3 is 5.97 Å². The summed E-state index contributed by atoms with van der Waals surface area (Å²) < 4.78 is 10.0. The van der Waals surface area contributed by atoms with Gasteiger partial charge in [-0.3, -0.25) is 9.69 Å². The van der Waals surface area contributed by atoms with Gasteiger partial charge in [0.15, 0.2) is 0 Å². The minimum Gasteiger partial charge on any atom is -0.481 e. The van der Waals surface area contributed by atoms with Gasteiger partial charge in [0.2, 0.25) is 0 Å². The highest BCUT2D eigenvalue weighted by Crippen LogP contribution is 2.21. The molecule has 1 aliphatic heterocycles. The number of likely N-dealkylation sites (tertiary alicyclic amines) is 1. The number of hydrogen-bond donors (Lipinski definition) is 1. The molecular weight excluding hydrogens is 290 g/mol. The van der Waals surface area contributed by atoms with Crippen LogP contribution in [0.15, 0.2) is 0 Å². The maximum absolute atomic E-state index is 10.4. The number of carbonyl (C=O) groups is 1. The zero-order valence-electron chi connectivity index (χ0n) is 10.4. The van der Waals surface area contributed by atoms with Crippen molar-refractivity contribution in [2.75, 3.05) is 19.7 Å². The lowest BCUT2D eigenvalue weighted by Gasteiger charge is -2.31. The van der Waals surface area contributed by atoms with Gasteiger partial charge in [-0.15, -0.1) is 5.10 Å². The topological polar surface area (TPSA) is 75.6 Å². The second-order valence-electron chi connectivity index (χ2n) is 4.48. The van der Waals surface area contributed by atoms with Crippen LogP contribution in [0.4, 0.5) is 0 Å². The third-order valence-corrected chi connectivity index (χ3v) is 4.07. The van der Waals surface area contributed by atoms with Crippen LogP contribution in [0.2, 0.25) is 4.34 Å². The highest BCUT2D eigenvalue weighted by Gasteiger charge is 2.21. The quantitative estimate of drug-likeness (QED) is 0.861. The Morgan fingerprint density at radius 1 is 1.53 bits per heavy atom. The molecule has 19 heavy (non-hydrogen) atoms. The van der Waals surface area contributed by atoms with E-state index < -0.39 is 5.97 Å². The molecule has 1 aliphatic rings. The maximum Gasteiger partial charge on any atom is 0.305 e. The van der Waals surface area contributed by atoms with Crippen molar-refractivity contribution >= 4 is 29.1 Å². The molecule has 0 saturated carbocycles. The van der Waals surface area contributed by atoms with Gasteiger partial charge in [0, 0.05) is 31.2 Å². The molecule has 1 fully saturated rings. The number of halogens is 1. The van der Waals surface area contributed by atoms with Crippen molar-refractivity contribution in [3.8, 4) is 0 Å². The van der Waals surface area contributed by atoms with Crippen LogP contribution in [-0.2, 0) is 16.1 Å². The molecular formula is C11H16ClN3O3S. The summed E-state index contributed by atoms with van der Waals surface area (Å²) in [6.07, 6.45) is 2.06. The maximum atomic E-state index is 10.4. The van der Waals surface area contributed by atoms with Crippen LogP contribution >= 0.6 is 23.1 Å². The summed E-state index contributed by atoms with van der Waals surface area (Å²) in [5.41, 5.74) is 0.830. The lowest BCUT2D eigenvalue weighted by atomic mass is 10.1. The molecule has 0 amide bonds. The molecule has 106 valence electrons. The van der Waals surface area contributed by atoms with Crippen LogP contribution in [0.1, 0.15) is 25.0 Å². The summed E-state index contributed by atoms with van der Waals surface area (Å²) in [6.45, 7) is 2.83. The molecule has 1 aromatic heterocycles. The lowest BCUT2D eigenvalue weighted by molar-refractivity contribution is -0.138. The van der Waals surface area contributed by atoms with E-state index in [1.54, 1.807) is 0 Å². The van der Waals surface area contributed by atoms with Crippen LogP contribution in [0.5, 0.6) is 0 Å². The summed E-state index contributed by atoms with van der Waals surface area (Å²) >= 11 is 7.18. The van der Waals surface area contributed by atoms with E-state index in [2.05, 4.69) is 14.5 Å². The summed E-state index contributed by atoms with van der Waals surface area (Å²) in [4.78, 5) is 12.7. The predicted octanol–water partition coefficient (Wildman–Crippen LogP) is 1.65. The number of carboxylic acids is 1. The average molecular weight is 306 g/mol. The Balaban J connectivity index is 1.68. The Labute approximate surface area is 120 Å². The first-order valence-electron chi connectivity index (χ1n) is 6.17. The van der Waals surface area contributed by atoms with Gasteiger partial charge in [0.25, 0.3) is 0 Å². The van der Waals surface area contributed by atoms with Crippen LogP contribution in [0.25, 0.3) is 0 Å². The molecule has 2 heterocycles. The number of aromatic nitrogens is 2. The second kappa shape index (κ2) is 7.14. The van der Waals surface area contributed by atoms with Crippen LogP contribution in [-0.4, -0.2) is 51.4 Å². The van der Waals surface area contributed by atoms with E-state index in [1.807, 2.05) is 0 Å². The minimum atomic E-state index is -0.817. The SMILES string of the molecule is O=C(O)CCOC1CCN(Cc2nnsc2Cl)CC1. The fourth-order valence-electron chi connectivity index (χ4n) is 2.05. The highest BCUT2D eigenvalue weighted by atomic mass is 35.5. The van der Waals surface area contributed by atoms with E-state index in [1.165, 1.54) is 11.5 Å². The van der Waals surface area contributed by atoms with Gasteiger partial charge in [0.1, 0.15) is 10.0 Å². The summed E-state index contributed by atoms with van der Waals surface area (Å²) in [6, 6.07) is 0. The molecule has 0 aliphatic carbocycles. The molecule has 0 atom stereocenters. The number of piperidine rings is 1. The van der Waals surface area contributed by atoms with E-state index in [9.17, 15) is 4.79 Å². The standard InChI is InChI=1S/C11H16ClN3O3S/c12-11-9(13-14-19-11)7-15-4-1-8(2-5-15)18-6-3-10(16)17/h8H,1-7H2,(H,16,17). The Bertz CT molecular complexity index is 421. The normalized spacial score (nSPS) is 17.7. The molecule has 0 spiro atoms. The van der Waals surface area contributed by atoms with Gasteiger partial charge in [-0.1, -0.05) is 16.1 Å². The Morgan fingerprint density at radius 2 is 2.26 bits per heavy atom. The predicted molar refractivity (Wildman–Crippen MR) is 71.4 cm³/mol. The van der Waals surface area contributed by atoms with E-state index in [0.717, 1.165) is 38.2 Å². The first-order valence-corrected chi connectivity index (χ1v) is 7.33. The molecule has 2 rings (SSSR count). The number of ether oxygens (including phenoxy) is 1. The largest absolute Gasteiger partial charge is 0.481 e. The van der Waals surface area contributed by atoms with E-state index >= 15 is 0 Å². The molecule has 1 N–H and O–H groups in total. The van der Waals surface area contributed by atoms with E-state index in [0.29, 0.717) is 10.9 Å². The molecule has 6 nitrogen and oxygen atoms in total. The van der Waals surface area contributed by atoms with Gasteiger partial charge in [0.05, 0.1) is 19.1 Å². The third kappa shape index (κ3) is 4.68. The molecule has 0 radical (unpaired) electrons. The Morgan fingerprint density at radius 3 is 2.84 bits per heavy atom. The molecule has 0 aromatic carbocycles. The van der Waals surface area contributed by atoms with Crippen molar-refractivity contribution in [2.45, 2.75) is 31.9 Å². The van der Waals surface area contributed by atoms with Crippen molar-refractivity contribution < 1.29 is 14.6 Å². The smallest absolute Gasteiger partial charge is 0.305 e. The fraction of sp³-hybridized carbons (Fsp3) is 0.727. The summed E-state index contributed by atoms with van der Waals surface area (Å²) in [5.74, 6) is -0.817. The summed E-state index contributed by atoms with van der Waals surface area (Å²) in [5, 5.41) is 12.5. The van der Waals surface area contributed by atoms with Crippen molar-refractivity contribution in [3.05, 3.63) is 10.0 Å². The number of carboxylic acid groups (broad SMARTS) is 1. The van der Waals surface area contributed by atoms with Gasteiger partial charge < -0.3 is 9.84 Å². The number of nitrogens with zero attached hydrogens (tertiary/aromatic N) is 3. The van der Waals surface area contributed by atoms with Gasteiger partial charge in [-0.2, -0.15) is 0 Å². The van der Waals surface area contributed by atoms with Crippen molar-refractivity contribution in [1.82, 2.24) is 14.5 Å². The molecule has 8 heteroatoms. The monoisotopic (exact) mass is 305 g/mol. The first kappa shape index (κ1) is 14.6. The fourth-order valence-corrected chi connectivity index (χ4v) is 2.66. The molecule has 0 unspecified atom stereocenters. The minimum absolute atomic E-state index is 0.0698. The van der Waals surface area contributed by atoms with E-state index in [4.69, 9.17) is 21.4 Å². The Kier molecular flexibility index (Phi) is 5.50. The van der Waals surface area contributed by atoms with Gasteiger partial charge in [-0.05, 0) is 12.8 Å². The molecule has 1 saturated heterocycles. The van der Waals surface area contributed by atoms with E-state index in [-0.39, 0.29) is 12.5 Å². The number of hydrogen-bond acceptors (Lipinski definition) is 6. The van der Waals surface area contributed by atoms with Crippen molar-refractivity contribution in [2.24, 2.45) is 0 Å². The average Bonchev–Trinajstić information content (AvgIpc) is 2.77. The van der Waals surface area contributed by atoms with Crippen molar-refractivity contribution in [3.63, 3.8) is 0 Å². The van der Waals surface area contributed by atoms with Crippen LogP contribution in [0, 0.1) is 0 Å². The van der Waals surface area contributed by atoms with Crippen LogP contribution in [0.3, 0.4) is 0 Å². The Hall–Kier alpha value is -0.760. The zero-order valence-corrected chi connectivity index (χ0v) is 12.0. The van der Waals surface area contributed by atoms with Crippen molar-refractivity contribution in [1.29, 1.82) is 0 Å². The number of rotatable bonds is 6.